The fourth-order valence-electron chi connectivity index (χ4n) is 4.47. The van der Waals surface area contributed by atoms with Gasteiger partial charge in [0.1, 0.15) is 23.2 Å². The van der Waals surface area contributed by atoms with Crippen LogP contribution in [0.4, 0.5) is 0 Å². The van der Waals surface area contributed by atoms with Crippen LogP contribution in [0, 0.1) is 6.92 Å². The van der Waals surface area contributed by atoms with Gasteiger partial charge in [-0.2, -0.15) is 0 Å². The predicted octanol–water partition coefficient (Wildman–Crippen LogP) is 4.09. The highest BCUT2D eigenvalue weighted by Gasteiger charge is 2.29. The fourth-order valence-corrected chi connectivity index (χ4v) is 4.65. The lowest BCUT2D eigenvalue weighted by Gasteiger charge is -2.36. The summed E-state index contributed by atoms with van der Waals surface area (Å²) in [5.74, 6) is 0.420. The predicted molar refractivity (Wildman–Crippen MR) is 114 cm³/mol. The first-order chi connectivity index (χ1) is 14.5. The molecule has 1 aromatic carbocycles. The summed E-state index contributed by atoms with van der Waals surface area (Å²) >= 11 is 6.20. The fraction of sp³-hybridized carbons (Fsp3) is 0.591. The van der Waals surface area contributed by atoms with Crippen LogP contribution in [-0.2, 0) is 6.54 Å². The molecule has 0 bridgehead atoms. The van der Waals surface area contributed by atoms with E-state index in [0.717, 1.165) is 32.0 Å². The summed E-state index contributed by atoms with van der Waals surface area (Å²) < 4.78 is 11.0. The number of rotatable bonds is 6. The Morgan fingerprint density at radius 2 is 1.97 bits per heavy atom. The molecule has 1 amide bonds. The van der Waals surface area contributed by atoms with Gasteiger partial charge in [0, 0.05) is 31.2 Å². The third-order valence-corrected chi connectivity index (χ3v) is 6.50. The Labute approximate surface area is 182 Å². The van der Waals surface area contributed by atoms with E-state index in [2.05, 4.69) is 15.2 Å². The third kappa shape index (κ3) is 4.78. The normalized spacial score (nSPS) is 18.6. The lowest BCUT2D eigenvalue weighted by atomic mass is 10.0. The van der Waals surface area contributed by atoms with Crippen molar-refractivity contribution in [1.82, 2.24) is 20.1 Å². The van der Waals surface area contributed by atoms with Crippen LogP contribution in [-0.4, -0.2) is 58.3 Å². The molecule has 1 aromatic heterocycles. The van der Waals surface area contributed by atoms with E-state index in [-0.39, 0.29) is 12.0 Å². The van der Waals surface area contributed by atoms with E-state index in [9.17, 15) is 4.79 Å². The molecule has 2 aliphatic rings. The molecule has 1 saturated heterocycles. The number of piperidine rings is 1. The topological polar surface area (TPSA) is 71.7 Å². The number of likely N-dealkylation sites (tertiary alicyclic amines) is 1. The SMILES string of the molecule is Cc1nonc1CN(C)C(=O)c1cc(Cl)ccc1OC1CCN(C2CCCC2)CC1. The molecular weight excluding hydrogens is 404 g/mol. The van der Waals surface area contributed by atoms with Crippen LogP contribution in [0.25, 0.3) is 0 Å². The molecule has 30 heavy (non-hydrogen) atoms. The van der Waals surface area contributed by atoms with Crippen LogP contribution in [0.5, 0.6) is 5.75 Å². The molecular formula is C22H29ClN4O3. The lowest BCUT2D eigenvalue weighted by molar-refractivity contribution is 0.0708. The number of benzene rings is 1. The smallest absolute Gasteiger partial charge is 0.257 e. The number of nitrogens with zero attached hydrogens (tertiary/aromatic N) is 4. The quantitative estimate of drug-likeness (QED) is 0.684. The van der Waals surface area contributed by atoms with E-state index in [1.807, 2.05) is 0 Å². The third-order valence-electron chi connectivity index (χ3n) is 6.26. The van der Waals surface area contributed by atoms with E-state index in [0.29, 0.717) is 34.3 Å². The summed E-state index contributed by atoms with van der Waals surface area (Å²) in [6, 6.07) is 6.00. The van der Waals surface area contributed by atoms with E-state index in [4.69, 9.17) is 21.0 Å². The molecule has 4 rings (SSSR count). The zero-order chi connectivity index (χ0) is 21.1. The van der Waals surface area contributed by atoms with Crippen LogP contribution in [0.15, 0.2) is 22.8 Å². The van der Waals surface area contributed by atoms with Crippen molar-refractivity contribution < 1.29 is 14.2 Å². The van der Waals surface area contributed by atoms with Crippen molar-refractivity contribution in [1.29, 1.82) is 0 Å². The summed E-state index contributed by atoms with van der Waals surface area (Å²) in [5.41, 5.74) is 1.78. The summed E-state index contributed by atoms with van der Waals surface area (Å²) in [5, 5.41) is 8.14. The van der Waals surface area contributed by atoms with Gasteiger partial charge in [-0.15, -0.1) is 0 Å². The van der Waals surface area contributed by atoms with Gasteiger partial charge in [0.2, 0.25) is 0 Å². The second-order valence-corrected chi connectivity index (χ2v) is 8.83. The number of carbonyl (C=O) groups is 1. The van der Waals surface area contributed by atoms with E-state index in [1.54, 1.807) is 37.1 Å². The number of carbonyl (C=O) groups excluding carboxylic acids is 1. The molecule has 7 nitrogen and oxygen atoms in total. The molecule has 1 aliphatic heterocycles. The minimum Gasteiger partial charge on any atom is -0.489 e. The Morgan fingerprint density at radius 1 is 1.23 bits per heavy atom. The zero-order valence-corrected chi connectivity index (χ0v) is 18.4. The van der Waals surface area contributed by atoms with Crippen LogP contribution < -0.4 is 4.74 Å². The van der Waals surface area contributed by atoms with E-state index >= 15 is 0 Å². The maximum Gasteiger partial charge on any atom is 0.257 e. The number of ether oxygens (including phenoxy) is 1. The summed E-state index contributed by atoms with van der Waals surface area (Å²) in [6.45, 7) is 4.23. The van der Waals surface area contributed by atoms with Crippen molar-refractivity contribution in [2.75, 3.05) is 20.1 Å². The molecule has 162 valence electrons. The van der Waals surface area contributed by atoms with Gasteiger partial charge in [-0.05, 0) is 50.8 Å². The zero-order valence-electron chi connectivity index (χ0n) is 17.6. The maximum absolute atomic E-state index is 13.1. The molecule has 2 aromatic rings. The second-order valence-electron chi connectivity index (χ2n) is 8.39. The maximum atomic E-state index is 13.1. The number of halogens is 1. The second kappa shape index (κ2) is 9.35. The van der Waals surface area contributed by atoms with Crippen LogP contribution >= 0.6 is 11.6 Å². The molecule has 0 spiro atoms. The van der Waals surface area contributed by atoms with Crippen LogP contribution in [0.3, 0.4) is 0 Å². The summed E-state index contributed by atoms with van der Waals surface area (Å²) in [6.07, 6.45) is 7.44. The molecule has 0 unspecified atom stereocenters. The van der Waals surface area contributed by atoms with Gasteiger partial charge >= 0.3 is 0 Å². The summed E-state index contributed by atoms with van der Waals surface area (Å²) in [7, 11) is 1.72. The van der Waals surface area contributed by atoms with Crippen LogP contribution in [0.1, 0.15) is 60.3 Å². The van der Waals surface area contributed by atoms with Gasteiger partial charge in [0.15, 0.2) is 0 Å². The Morgan fingerprint density at radius 3 is 2.63 bits per heavy atom. The van der Waals surface area contributed by atoms with Crippen molar-refractivity contribution in [2.45, 2.75) is 64.1 Å². The highest BCUT2D eigenvalue weighted by Crippen LogP contribution is 2.30. The van der Waals surface area contributed by atoms with Gasteiger partial charge in [-0.25, -0.2) is 4.63 Å². The van der Waals surface area contributed by atoms with Crippen LogP contribution in [0.2, 0.25) is 5.02 Å². The highest BCUT2D eigenvalue weighted by atomic mass is 35.5. The summed E-state index contributed by atoms with van der Waals surface area (Å²) in [4.78, 5) is 17.3. The average Bonchev–Trinajstić information content (AvgIpc) is 3.42. The van der Waals surface area contributed by atoms with Crippen molar-refractivity contribution in [3.05, 3.63) is 40.2 Å². The monoisotopic (exact) mass is 432 g/mol. The molecule has 1 aliphatic carbocycles. The van der Waals surface area contributed by atoms with Gasteiger partial charge in [0.25, 0.3) is 5.91 Å². The van der Waals surface area contributed by atoms with Crippen molar-refractivity contribution in [3.8, 4) is 5.75 Å². The van der Waals surface area contributed by atoms with Crippen molar-refractivity contribution in [3.63, 3.8) is 0 Å². The standard InChI is InChI=1S/C22H29ClN4O3/c1-15-20(25-30-24-15)14-26(2)22(28)19-13-16(23)7-8-21(19)29-18-9-11-27(12-10-18)17-5-3-4-6-17/h7-8,13,17-18H,3-6,9-12,14H2,1-2H3. The van der Waals surface area contributed by atoms with E-state index in [1.165, 1.54) is 25.7 Å². The van der Waals surface area contributed by atoms with Crippen molar-refractivity contribution >= 4 is 17.5 Å². The average molecular weight is 433 g/mol. The highest BCUT2D eigenvalue weighted by molar-refractivity contribution is 6.31. The first-order valence-electron chi connectivity index (χ1n) is 10.7. The molecule has 8 heteroatoms. The molecule has 1 saturated carbocycles. The lowest BCUT2D eigenvalue weighted by Crippen LogP contribution is -2.43. The van der Waals surface area contributed by atoms with Gasteiger partial charge in [-0.3, -0.25) is 4.79 Å². The number of hydrogen-bond donors (Lipinski definition) is 0. The first kappa shape index (κ1) is 21.1. The first-order valence-corrected chi connectivity index (χ1v) is 11.1. The molecule has 2 fully saturated rings. The molecule has 0 atom stereocenters. The Bertz CT molecular complexity index is 873. The van der Waals surface area contributed by atoms with Gasteiger partial charge in [-0.1, -0.05) is 34.8 Å². The molecule has 2 heterocycles. The van der Waals surface area contributed by atoms with Crippen molar-refractivity contribution in [2.24, 2.45) is 0 Å². The number of hydrogen-bond acceptors (Lipinski definition) is 6. The van der Waals surface area contributed by atoms with E-state index < -0.39 is 0 Å². The van der Waals surface area contributed by atoms with Gasteiger partial charge in [0.05, 0.1) is 12.1 Å². The van der Waals surface area contributed by atoms with Gasteiger partial charge < -0.3 is 14.5 Å². The number of aromatic nitrogens is 2. The minimum absolute atomic E-state index is 0.114. The number of aryl methyl sites for hydroxylation is 1. The Balaban J connectivity index is 1.41. The number of amides is 1. The minimum atomic E-state index is -0.168. The molecule has 0 radical (unpaired) electrons. The molecule has 0 N–H and O–H groups in total. The Hall–Kier alpha value is -2.12. The Kier molecular flexibility index (Phi) is 6.58. The largest absolute Gasteiger partial charge is 0.489 e.